The van der Waals surface area contributed by atoms with Crippen molar-refractivity contribution in [3.63, 3.8) is 0 Å². The Hall–Kier alpha value is -0.570. The lowest BCUT2D eigenvalue weighted by Crippen LogP contribution is -2.55. The lowest BCUT2D eigenvalue weighted by molar-refractivity contribution is -0.153. The average molecular weight is 271 g/mol. The van der Waals surface area contributed by atoms with E-state index in [-0.39, 0.29) is 5.97 Å². The Morgan fingerprint density at radius 1 is 1.00 bits per heavy atom. The van der Waals surface area contributed by atoms with E-state index in [0.29, 0.717) is 24.4 Å². The molecule has 0 amide bonds. The molecule has 0 aromatic heterocycles. The molecular formula is C16H33NO2. The summed E-state index contributed by atoms with van der Waals surface area (Å²) < 4.78 is 5.34. The quantitative estimate of drug-likeness (QED) is 0.651. The van der Waals surface area contributed by atoms with Gasteiger partial charge in [0, 0.05) is 0 Å². The third-order valence-electron chi connectivity index (χ3n) is 3.03. The van der Waals surface area contributed by atoms with Crippen LogP contribution in [-0.2, 0) is 9.53 Å². The first-order chi connectivity index (χ1) is 8.73. The zero-order valence-electron chi connectivity index (χ0n) is 13.9. The number of carbonyl (C=O) groups excluding carboxylic acids is 1. The Morgan fingerprint density at radius 2 is 1.47 bits per heavy atom. The minimum Gasteiger partial charge on any atom is -0.465 e. The fourth-order valence-electron chi connectivity index (χ4n) is 2.53. The van der Waals surface area contributed by atoms with E-state index in [1.807, 2.05) is 6.92 Å². The molecule has 114 valence electrons. The van der Waals surface area contributed by atoms with Crippen LogP contribution in [0, 0.1) is 17.8 Å². The molecule has 0 bridgehead atoms. The predicted molar refractivity (Wildman–Crippen MR) is 81.1 cm³/mol. The molecule has 0 aromatic carbocycles. The largest absolute Gasteiger partial charge is 0.465 e. The number of ether oxygens (including phenoxy) is 1. The monoisotopic (exact) mass is 271 g/mol. The number of rotatable bonds is 9. The number of hydrogen-bond donors (Lipinski definition) is 1. The summed E-state index contributed by atoms with van der Waals surface area (Å²) in [6, 6.07) is 0. The van der Waals surface area contributed by atoms with Crippen LogP contribution in [-0.4, -0.2) is 24.7 Å². The van der Waals surface area contributed by atoms with E-state index in [1.165, 1.54) is 0 Å². The molecular weight excluding hydrogens is 238 g/mol. The molecule has 0 saturated carbocycles. The van der Waals surface area contributed by atoms with Crippen LogP contribution < -0.4 is 5.32 Å². The molecule has 0 radical (unpaired) electrons. The number of hydrogen-bond acceptors (Lipinski definition) is 3. The second-order valence-corrected chi connectivity index (χ2v) is 6.77. The van der Waals surface area contributed by atoms with E-state index < -0.39 is 5.54 Å². The van der Waals surface area contributed by atoms with Gasteiger partial charge in [0.1, 0.15) is 5.54 Å². The van der Waals surface area contributed by atoms with E-state index >= 15 is 0 Å². The predicted octanol–water partition coefficient (Wildman–Crippen LogP) is 3.63. The highest BCUT2D eigenvalue weighted by molar-refractivity contribution is 5.81. The molecule has 0 fully saturated rings. The Kier molecular flexibility index (Phi) is 8.31. The topological polar surface area (TPSA) is 38.3 Å². The molecule has 0 saturated heterocycles. The SMILES string of the molecule is CCOC(=O)C(CC(C)C)(CC(C)C)NCC(C)C. The first-order valence-corrected chi connectivity index (χ1v) is 7.65. The highest BCUT2D eigenvalue weighted by Crippen LogP contribution is 2.27. The molecule has 0 aliphatic carbocycles. The van der Waals surface area contributed by atoms with Crippen molar-refractivity contribution in [3.05, 3.63) is 0 Å². The van der Waals surface area contributed by atoms with Gasteiger partial charge in [-0.3, -0.25) is 4.79 Å². The van der Waals surface area contributed by atoms with Gasteiger partial charge in [-0.1, -0.05) is 41.5 Å². The van der Waals surface area contributed by atoms with Crippen molar-refractivity contribution in [2.24, 2.45) is 17.8 Å². The van der Waals surface area contributed by atoms with Crippen molar-refractivity contribution in [2.45, 2.75) is 66.8 Å². The fourth-order valence-corrected chi connectivity index (χ4v) is 2.53. The van der Waals surface area contributed by atoms with E-state index in [0.717, 1.165) is 19.4 Å². The van der Waals surface area contributed by atoms with Crippen molar-refractivity contribution >= 4 is 5.97 Å². The van der Waals surface area contributed by atoms with Crippen LogP contribution in [0.3, 0.4) is 0 Å². The van der Waals surface area contributed by atoms with Crippen molar-refractivity contribution < 1.29 is 9.53 Å². The number of esters is 1. The normalized spacial score (nSPS) is 12.5. The molecule has 1 N–H and O–H groups in total. The molecule has 0 aliphatic heterocycles. The van der Waals surface area contributed by atoms with Gasteiger partial charge < -0.3 is 10.1 Å². The minimum absolute atomic E-state index is 0.0851. The molecule has 3 heteroatoms. The summed E-state index contributed by atoms with van der Waals surface area (Å²) in [4.78, 5) is 12.5. The van der Waals surface area contributed by atoms with Gasteiger partial charge in [0.05, 0.1) is 6.61 Å². The summed E-state index contributed by atoms with van der Waals surface area (Å²) in [6.07, 6.45) is 1.66. The smallest absolute Gasteiger partial charge is 0.326 e. The Morgan fingerprint density at radius 3 is 1.79 bits per heavy atom. The van der Waals surface area contributed by atoms with Crippen LogP contribution >= 0.6 is 0 Å². The van der Waals surface area contributed by atoms with Gasteiger partial charge >= 0.3 is 5.97 Å². The second-order valence-electron chi connectivity index (χ2n) is 6.77. The maximum absolute atomic E-state index is 12.5. The highest BCUT2D eigenvalue weighted by atomic mass is 16.5. The van der Waals surface area contributed by atoms with Crippen LogP contribution in [0.15, 0.2) is 0 Å². The van der Waals surface area contributed by atoms with Crippen molar-refractivity contribution in [1.29, 1.82) is 0 Å². The summed E-state index contributed by atoms with van der Waals surface area (Å²) in [5.41, 5.74) is -0.525. The van der Waals surface area contributed by atoms with Crippen molar-refractivity contribution in [2.75, 3.05) is 13.2 Å². The third-order valence-corrected chi connectivity index (χ3v) is 3.03. The van der Waals surface area contributed by atoms with E-state index in [4.69, 9.17) is 4.74 Å². The maximum Gasteiger partial charge on any atom is 0.326 e. The molecule has 0 spiro atoms. The van der Waals surface area contributed by atoms with Crippen molar-refractivity contribution in [1.82, 2.24) is 5.32 Å². The molecule has 0 rings (SSSR count). The van der Waals surface area contributed by atoms with Crippen LogP contribution in [0.25, 0.3) is 0 Å². The summed E-state index contributed by atoms with van der Waals surface area (Å²) in [5, 5.41) is 3.51. The lowest BCUT2D eigenvalue weighted by Gasteiger charge is -2.36. The maximum atomic E-state index is 12.5. The summed E-state index contributed by atoms with van der Waals surface area (Å²) in [5.74, 6) is 1.36. The summed E-state index contributed by atoms with van der Waals surface area (Å²) in [7, 11) is 0. The molecule has 0 unspecified atom stereocenters. The standard InChI is InChI=1S/C16H33NO2/c1-8-19-15(18)16(9-12(2)3,10-13(4)5)17-11-14(6)7/h12-14,17H,8-11H2,1-7H3. The molecule has 0 aromatic rings. The van der Waals surface area contributed by atoms with Gasteiger partial charge in [-0.15, -0.1) is 0 Å². The van der Waals surface area contributed by atoms with Gasteiger partial charge in [0.2, 0.25) is 0 Å². The van der Waals surface area contributed by atoms with Crippen LogP contribution in [0.5, 0.6) is 0 Å². The lowest BCUT2D eigenvalue weighted by atomic mass is 9.81. The minimum atomic E-state index is -0.525. The van der Waals surface area contributed by atoms with Gasteiger partial charge in [-0.05, 0) is 44.1 Å². The van der Waals surface area contributed by atoms with Crippen LogP contribution in [0.4, 0.5) is 0 Å². The Balaban J connectivity index is 5.11. The third kappa shape index (κ3) is 6.95. The molecule has 0 atom stereocenters. The number of nitrogens with one attached hydrogen (secondary N) is 1. The van der Waals surface area contributed by atoms with Gasteiger partial charge in [0.25, 0.3) is 0 Å². The highest BCUT2D eigenvalue weighted by Gasteiger charge is 2.40. The van der Waals surface area contributed by atoms with Gasteiger partial charge in [-0.25, -0.2) is 0 Å². The van der Waals surface area contributed by atoms with Gasteiger partial charge in [0.15, 0.2) is 0 Å². The summed E-state index contributed by atoms with van der Waals surface area (Å²) >= 11 is 0. The zero-order chi connectivity index (χ0) is 15.1. The van der Waals surface area contributed by atoms with Crippen molar-refractivity contribution in [3.8, 4) is 0 Å². The van der Waals surface area contributed by atoms with Crippen LogP contribution in [0.2, 0.25) is 0 Å². The number of carbonyl (C=O) groups is 1. The Bertz CT molecular complexity index is 249. The molecule has 0 aliphatic rings. The fraction of sp³-hybridized carbons (Fsp3) is 0.938. The second kappa shape index (κ2) is 8.57. The molecule has 0 heterocycles. The average Bonchev–Trinajstić information content (AvgIpc) is 2.24. The van der Waals surface area contributed by atoms with E-state index in [1.54, 1.807) is 0 Å². The first kappa shape index (κ1) is 18.4. The molecule has 3 nitrogen and oxygen atoms in total. The Labute approximate surface area is 119 Å². The van der Waals surface area contributed by atoms with Crippen LogP contribution in [0.1, 0.15) is 61.3 Å². The first-order valence-electron chi connectivity index (χ1n) is 7.65. The zero-order valence-corrected chi connectivity index (χ0v) is 13.9. The van der Waals surface area contributed by atoms with E-state index in [9.17, 15) is 4.79 Å². The van der Waals surface area contributed by atoms with Gasteiger partial charge in [-0.2, -0.15) is 0 Å². The van der Waals surface area contributed by atoms with E-state index in [2.05, 4.69) is 46.9 Å². The summed E-state index contributed by atoms with van der Waals surface area (Å²) in [6.45, 7) is 16.1. The molecule has 19 heavy (non-hydrogen) atoms.